The van der Waals surface area contributed by atoms with Crippen molar-refractivity contribution in [2.75, 3.05) is 12.8 Å². The second-order valence-corrected chi connectivity index (χ2v) is 7.68. The highest BCUT2D eigenvalue weighted by Gasteiger charge is 2.19. The minimum Gasteiger partial charge on any atom is -0.477 e. The van der Waals surface area contributed by atoms with Crippen LogP contribution in [0.5, 0.6) is 0 Å². The number of thiophene rings is 1. The van der Waals surface area contributed by atoms with Crippen LogP contribution in [0.4, 0.5) is 0 Å². The molecular formula is C9H13NO4S3. The summed E-state index contributed by atoms with van der Waals surface area (Å²) < 4.78 is 26.0. The summed E-state index contributed by atoms with van der Waals surface area (Å²) in [6.07, 6.45) is 1.90. The quantitative estimate of drug-likeness (QED) is 0.830. The standard InChI is InChI=1S/C9H13NO4S3/c1-6(15-2)5-10-17(13,14)8-4-3-7(16-8)9(11)12/h3-4,6,10H,5H2,1-2H3,(H,11,12). The normalized spacial score (nSPS) is 13.5. The molecule has 0 aliphatic carbocycles. The summed E-state index contributed by atoms with van der Waals surface area (Å²) in [6, 6.07) is 2.60. The third kappa shape index (κ3) is 3.98. The summed E-state index contributed by atoms with van der Waals surface area (Å²) in [6.45, 7) is 2.23. The van der Waals surface area contributed by atoms with E-state index in [4.69, 9.17) is 5.11 Å². The fraction of sp³-hybridized carbons (Fsp3) is 0.444. The molecule has 0 fully saturated rings. The van der Waals surface area contributed by atoms with Gasteiger partial charge in [-0.3, -0.25) is 0 Å². The van der Waals surface area contributed by atoms with Gasteiger partial charge in [0, 0.05) is 11.8 Å². The highest BCUT2D eigenvalue weighted by molar-refractivity contribution is 7.99. The molecule has 0 spiro atoms. The van der Waals surface area contributed by atoms with Crippen LogP contribution in [0.3, 0.4) is 0 Å². The largest absolute Gasteiger partial charge is 0.477 e. The number of carbonyl (C=O) groups is 1. The predicted molar refractivity (Wildman–Crippen MR) is 69.4 cm³/mol. The van der Waals surface area contributed by atoms with Crippen molar-refractivity contribution in [2.45, 2.75) is 16.4 Å². The van der Waals surface area contributed by atoms with Crippen LogP contribution in [-0.2, 0) is 10.0 Å². The van der Waals surface area contributed by atoms with Crippen molar-refractivity contribution in [3.63, 3.8) is 0 Å². The summed E-state index contributed by atoms with van der Waals surface area (Å²) in [4.78, 5) is 10.7. The molecule has 2 N–H and O–H groups in total. The summed E-state index contributed by atoms with van der Waals surface area (Å²) in [5.74, 6) is -1.12. The Labute approximate surface area is 108 Å². The Bertz CT molecular complexity index is 494. The summed E-state index contributed by atoms with van der Waals surface area (Å²) in [5.41, 5.74) is 0. The molecule has 17 heavy (non-hydrogen) atoms. The zero-order valence-electron chi connectivity index (χ0n) is 9.34. The third-order valence-corrected chi connectivity index (χ3v) is 5.98. The molecule has 1 heterocycles. The van der Waals surface area contributed by atoms with E-state index in [2.05, 4.69) is 4.72 Å². The van der Waals surface area contributed by atoms with E-state index in [-0.39, 0.29) is 14.3 Å². The number of hydrogen-bond donors (Lipinski definition) is 2. The minimum absolute atomic E-state index is 0.0169. The van der Waals surface area contributed by atoms with E-state index in [9.17, 15) is 13.2 Å². The Kier molecular flexibility index (Phi) is 4.99. The molecule has 0 aromatic carbocycles. The van der Waals surface area contributed by atoms with Gasteiger partial charge in [-0.1, -0.05) is 6.92 Å². The molecule has 0 amide bonds. The van der Waals surface area contributed by atoms with E-state index in [1.54, 1.807) is 11.8 Å². The van der Waals surface area contributed by atoms with E-state index in [1.807, 2.05) is 13.2 Å². The second kappa shape index (κ2) is 5.85. The number of carboxylic acids is 1. The topological polar surface area (TPSA) is 83.5 Å². The Hall–Kier alpha value is -0.570. The van der Waals surface area contributed by atoms with Gasteiger partial charge in [0.05, 0.1) is 0 Å². The van der Waals surface area contributed by atoms with Gasteiger partial charge in [0.2, 0.25) is 10.0 Å². The number of carboxylic acid groups (broad SMARTS) is 1. The van der Waals surface area contributed by atoms with Crippen LogP contribution in [0.25, 0.3) is 0 Å². The molecule has 1 aromatic heterocycles. The molecule has 1 rings (SSSR count). The SMILES string of the molecule is CSC(C)CNS(=O)(=O)c1ccc(C(=O)O)s1. The smallest absolute Gasteiger partial charge is 0.345 e. The molecule has 96 valence electrons. The first-order chi connectivity index (χ1) is 7.86. The van der Waals surface area contributed by atoms with Gasteiger partial charge in [-0.25, -0.2) is 17.9 Å². The fourth-order valence-electron chi connectivity index (χ4n) is 0.961. The first-order valence-corrected chi connectivity index (χ1v) is 8.31. The van der Waals surface area contributed by atoms with Crippen LogP contribution >= 0.6 is 23.1 Å². The molecule has 0 saturated carbocycles. The molecular weight excluding hydrogens is 282 g/mol. The number of rotatable bonds is 6. The van der Waals surface area contributed by atoms with Gasteiger partial charge >= 0.3 is 5.97 Å². The van der Waals surface area contributed by atoms with Crippen LogP contribution in [0.15, 0.2) is 16.3 Å². The highest BCUT2D eigenvalue weighted by Crippen LogP contribution is 2.21. The zero-order valence-corrected chi connectivity index (χ0v) is 11.8. The predicted octanol–water partition coefficient (Wildman–Crippen LogP) is 1.48. The number of thioether (sulfide) groups is 1. The molecule has 5 nitrogen and oxygen atoms in total. The van der Waals surface area contributed by atoms with Crippen molar-refractivity contribution >= 4 is 39.1 Å². The molecule has 1 unspecified atom stereocenters. The van der Waals surface area contributed by atoms with Gasteiger partial charge in [0.1, 0.15) is 9.09 Å². The minimum atomic E-state index is -3.59. The number of hydrogen-bond acceptors (Lipinski definition) is 5. The van der Waals surface area contributed by atoms with E-state index < -0.39 is 16.0 Å². The molecule has 0 saturated heterocycles. The number of sulfonamides is 1. The highest BCUT2D eigenvalue weighted by atomic mass is 32.2. The van der Waals surface area contributed by atoms with E-state index in [0.717, 1.165) is 11.3 Å². The van der Waals surface area contributed by atoms with Gasteiger partial charge in [0.25, 0.3) is 0 Å². The summed E-state index contributed by atoms with van der Waals surface area (Å²) >= 11 is 2.30. The zero-order chi connectivity index (χ0) is 13.1. The summed E-state index contributed by atoms with van der Waals surface area (Å²) in [7, 11) is -3.59. The van der Waals surface area contributed by atoms with E-state index in [1.165, 1.54) is 12.1 Å². The number of aromatic carboxylic acids is 1. The second-order valence-electron chi connectivity index (χ2n) is 3.32. The molecule has 0 aliphatic rings. The lowest BCUT2D eigenvalue weighted by Crippen LogP contribution is -2.28. The van der Waals surface area contributed by atoms with Crippen molar-refractivity contribution in [1.29, 1.82) is 0 Å². The molecule has 0 radical (unpaired) electrons. The monoisotopic (exact) mass is 295 g/mol. The van der Waals surface area contributed by atoms with E-state index >= 15 is 0 Å². The fourth-order valence-corrected chi connectivity index (χ4v) is 3.64. The molecule has 8 heteroatoms. The molecule has 1 atom stereocenters. The third-order valence-electron chi connectivity index (χ3n) is 2.02. The van der Waals surface area contributed by atoms with Crippen LogP contribution in [0.1, 0.15) is 16.6 Å². The van der Waals surface area contributed by atoms with Crippen molar-refractivity contribution in [2.24, 2.45) is 0 Å². The Balaban J connectivity index is 2.79. The molecule has 1 aromatic rings. The van der Waals surface area contributed by atoms with Gasteiger partial charge in [-0.15, -0.1) is 11.3 Å². The van der Waals surface area contributed by atoms with Crippen LogP contribution < -0.4 is 4.72 Å². The maximum atomic E-state index is 11.8. The lowest BCUT2D eigenvalue weighted by molar-refractivity contribution is 0.0702. The Morgan fingerprint density at radius 1 is 1.59 bits per heavy atom. The maximum Gasteiger partial charge on any atom is 0.345 e. The lowest BCUT2D eigenvalue weighted by Gasteiger charge is -2.09. The molecule has 0 bridgehead atoms. The first kappa shape index (κ1) is 14.5. The number of nitrogens with one attached hydrogen (secondary N) is 1. The average Bonchev–Trinajstić information content (AvgIpc) is 2.76. The van der Waals surface area contributed by atoms with Crippen molar-refractivity contribution < 1.29 is 18.3 Å². The summed E-state index contributed by atoms with van der Waals surface area (Å²) in [5, 5.41) is 8.88. The molecule has 0 aliphatic heterocycles. The van der Waals surface area contributed by atoms with Gasteiger partial charge in [0.15, 0.2) is 0 Å². The van der Waals surface area contributed by atoms with Crippen LogP contribution in [0, 0.1) is 0 Å². The van der Waals surface area contributed by atoms with Crippen molar-refractivity contribution in [1.82, 2.24) is 4.72 Å². The first-order valence-electron chi connectivity index (χ1n) is 4.72. The van der Waals surface area contributed by atoms with Crippen molar-refractivity contribution in [3.05, 3.63) is 17.0 Å². The Morgan fingerprint density at radius 3 is 2.71 bits per heavy atom. The average molecular weight is 295 g/mol. The van der Waals surface area contributed by atoms with Gasteiger partial charge in [-0.05, 0) is 18.4 Å². The van der Waals surface area contributed by atoms with Gasteiger partial charge < -0.3 is 5.11 Å². The lowest BCUT2D eigenvalue weighted by atomic mass is 10.5. The van der Waals surface area contributed by atoms with Crippen molar-refractivity contribution in [3.8, 4) is 0 Å². The Morgan fingerprint density at radius 2 is 2.24 bits per heavy atom. The van der Waals surface area contributed by atoms with E-state index in [0.29, 0.717) is 6.54 Å². The maximum absolute atomic E-state index is 11.8. The van der Waals surface area contributed by atoms with Crippen LogP contribution in [0.2, 0.25) is 0 Å². The van der Waals surface area contributed by atoms with Crippen LogP contribution in [-0.4, -0.2) is 37.5 Å². The van der Waals surface area contributed by atoms with Gasteiger partial charge in [-0.2, -0.15) is 11.8 Å².